The molecule has 1 fully saturated rings. The van der Waals surface area contributed by atoms with Gasteiger partial charge in [-0.05, 0) is 49.5 Å². The molecule has 0 aromatic heterocycles. The Morgan fingerprint density at radius 3 is 2.42 bits per heavy atom. The van der Waals surface area contributed by atoms with Gasteiger partial charge < -0.3 is 21.1 Å². The molecule has 1 atom stereocenters. The fourth-order valence-corrected chi connectivity index (χ4v) is 4.08. The van der Waals surface area contributed by atoms with Gasteiger partial charge in [-0.25, -0.2) is 9.10 Å². The van der Waals surface area contributed by atoms with E-state index < -0.39 is 17.0 Å². The molecule has 1 saturated heterocycles. The summed E-state index contributed by atoms with van der Waals surface area (Å²) in [5.41, 5.74) is 10.8. The van der Waals surface area contributed by atoms with Crippen LogP contribution in [0.5, 0.6) is 11.5 Å². The number of carbonyl (C=O) groups is 1. The third-order valence-electron chi connectivity index (χ3n) is 4.49. The van der Waals surface area contributed by atoms with Gasteiger partial charge in [0.15, 0.2) is 5.96 Å². The smallest absolute Gasteiger partial charge is 0.280 e. The van der Waals surface area contributed by atoms with E-state index in [4.69, 9.17) is 24.8 Å². The predicted octanol–water partition coefficient (Wildman–Crippen LogP) is 1.68. The van der Waals surface area contributed by atoms with Gasteiger partial charge in [-0.1, -0.05) is 0 Å². The van der Waals surface area contributed by atoms with Crippen molar-refractivity contribution >= 4 is 35.0 Å². The lowest BCUT2D eigenvalue weighted by atomic mass is 10.2. The van der Waals surface area contributed by atoms with E-state index >= 15 is 0 Å². The van der Waals surface area contributed by atoms with Gasteiger partial charge >= 0.3 is 0 Å². The first-order chi connectivity index (χ1) is 15.9. The van der Waals surface area contributed by atoms with Crippen LogP contribution in [0, 0.1) is 0 Å². The van der Waals surface area contributed by atoms with E-state index in [1.165, 1.54) is 19.2 Å². The summed E-state index contributed by atoms with van der Waals surface area (Å²) in [6.07, 6.45) is 0. The van der Waals surface area contributed by atoms with Crippen LogP contribution in [0.1, 0.15) is 10.4 Å². The molecule has 0 radical (unpaired) electrons. The van der Waals surface area contributed by atoms with E-state index in [1.54, 1.807) is 35.4 Å². The summed E-state index contributed by atoms with van der Waals surface area (Å²) in [4.78, 5) is 23.4. The summed E-state index contributed by atoms with van der Waals surface area (Å²) in [7, 11) is 3.39. The highest BCUT2D eigenvalue weighted by molar-refractivity contribution is 7.94. The zero-order valence-corrected chi connectivity index (χ0v) is 19.8. The molecule has 33 heavy (non-hydrogen) atoms. The largest absolute Gasteiger partial charge is 0.456 e. The summed E-state index contributed by atoms with van der Waals surface area (Å²) < 4.78 is 28.9. The molecule has 0 saturated carbocycles. The summed E-state index contributed by atoms with van der Waals surface area (Å²) >= 11 is -0.772. The van der Waals surface area contributed by atoms with Crippen LogP contribution in [0.3, 0.4) is 0 Å². The zero-order valence-electron chi connectivity index (χ0n) is 18.1. The van der Waals surface area contributed by atoms with Crippen molar-refractivity contribution in [1.82, 2.24) is 9.96 Å². The van der Waals surface area contributed by atoms with Crippen LogP contribution >= 0.6 is 12.0 Å². The van der Waals surface area contributed by atoms with Crippen molar-refractivity contribution in [1.29, 1.82) is 0 Å². The van der Waals surface area contributed by atoms with Gasteiger partial charge in [-0.3, -0.25) is 4.79 Å². The fourth-order valence-electron chi connectivity index (χ4n) is 2.79. The lowest BCUT2D eigenvalue weighted by Gasteiger charge is -2.30. The van der Waals surface area contributed by atoms with Crippen molar-refractivity contribution in [3.63, 3.8) is 0 Å². The highest BCUT2D eigenvalue weighted by Gasteiger charge is 2.18. The van der Waals surface area contributed by atoms with E-state index in [1.807, 2.05) is 7.05 Å². The topological polar surface area (TPSA) is 142 Å². The van der Waals surface area contributed by atoms with Crippen LogP contribution in [-0.4, -0.2) is 66.4 Å². The van der Waals surface area contributed by atoms with Crippen molar-refractivity contribution in [3.05, 3.63) is 48.0 Å². The molecule has 1 unspecified atom stereocenters. The average molecular weight is 496 g/mol. The Labute approximate surface area is 198 Å². The normalized spacial score (nSPS) is 15.7. The van der Waals surface area contributed by atoms with Gasteiger partial charge in [0.1, 0.15) is 11.5 Å². The van der Waals surface area contributed by atoms with Gasteiger partial charge in [-0.15, -0.1) is 0 Å². The number of ether oxygens (including phenoxy) is 1. The fraction of sp³-hybridized carbons (Fsp3) is 0.300. The molecule has 1 amide bonds. The Balaban J connectivity index is 1.69. The molecule has 0 aliphatic carbocycles. The Hall–Kier alpha value is -2.52. The molecule has 11 nitrogen and oxygen atoms in total. The minimum absolute atomic E-state index is 0.241. The number of aliphatic imine (C=N–C) groups is 1. The molecule has 178 valence electrons. The van der Waals surface area contributed by atoms with Crippen molar-refractivity contribution < 1.29 is 27.2 Å². The number of nitrogens with zero attached hydrogens (tertiary/aromatic N) is 3. The molecule has 2 aromatic rings. The second-order valence-electron chi connectivity index (χ2n) is 6.94. The van der Waals surface area contributed by atoms with Crippen molar-refractivity contribution in [2.45, 2.75) is 9.79 Å². The van der Waals surface area contributed by atoms with Crippen molar-refractivity contribution in [2.75, 3.05) is 40.3 Å². The molecule has 4 N–H and O–H groups in total. The second-order valence-corrected chi connectivity index (χ2v) is 8.77. The molecule has 0 bridgehead atoms. The summed E-state index contributed by atoms with van der Waals surface area (Å²) in [5, 5.41) is 1.71. The maximum Gasteiger partial charge on any atom is 0.280 e. The van der Waals surface area contributed by atoms with Gasteiger partial charge in [0, 0.05) is 31.7 Å². The first-order valence-corrected chi connectivity index (χ1v) is 11.6. The van der Waals surface area contributed by atoms with E-state index in [0.29, 0.717) is 34.4 Å². The summed E-state index contributed by atoms with van der Waals surface area (Å²) in [6.45, 7) is 3.09. The van der Waals surface area contributed by atoms with Crippen molar-refractivity contribution in [3.8, 4) is 11.5 Å². The van der Waals surface area contributed by atoms with Gasteiger partial charge in [0.05, 0.1) is 28.9 Å². The number of likely N-dealkylation sites (N-methyl/N-ethyl adjacent to an activating group) is 1. The number of carbonyl (C=O) groups excluding carboxylic acids is 1. The molecule has 3 rings (SSSR count). The lowest BCUT2D eigenvalue weighted by Crippen LogP contribution is -2.44. The van der Waals surface area contributed by atoms with E-state index in [-0.39, 0.29) is 11.5 Å². The Bertz CT molecular complexity index is 1010. The van der Waals surface area contributed by atoms with Crippen LogP contribution in [0.2, 0.25) is 0 Å². The number of hydrogen-bond donors (Lipinski definition) is 2. The van der Waals surface area contributed by atoms with Crippen LogP contribution in [0.4, 0.5) is 0 Å². The lowest BCUT2D eigenvalue weighted by molar-refractivity contribution is -0.160. The number of amides is 1. The molecule has 1 aliphatic heterocycles. The van der Waals surface area contributed by atoms with Gasteiger partial charge in [0.2, 0.25) is 11.1 Å². The number of piperazine rings is 1. The monoisotopic (exact) mass is 495 g/mol. The Kier molecular flexibility index (Phi) is 9.20. The summed E-state index contributed by atoms with van der Waals surface area (Å²) in [5.74, 6) is -0.0523. The SMILES string of the molecule is COOSc1cc(C(=O)N=C(N)N)ccc1Oc1ccc(S(=O)ON2CCN(C)CC2)cc1. The molecule has 1 heterocycles. The number of benzene rings is 2. The highest BCUT2D eigenvalue weighted by Crippen LogP contribution is 2.34. The maximum atomic E-state index is 12.5. The molecule has 13 heteroatoms. The van der Waals surface area contributed by atoms with Crippen molar-refractivity contribution in [2.24, 2.45) is 16.5 Å². The minimum atomic E-state index is -1.63. The van der Waals surface area contributed by atoms with Crippen LogP contribution in [0.25, 0.3) is 0 Å². The van der Waals surface area contributed by atoms with Crippen LogP contribution in [-0.2, 0) is 24.6 Å². The molecular weight excluding hydrogens is 470 g/mol. The Morgan fingerprint density at radius 1 is 1.09 bits per heavy atom. The van der Waals surface area contributed by atoms with E-state index in [9.17, 15) is 9.00 Å². The third kappa shape index (κ3) is 7.50. The first-order valence-electron chi connectivity index (χ1n) is 9.82. The molecule has 2 aromatic carbocycles. The Morgan fingerprint density at radius 2 is 1.79 bits per heavy atom. The maximum absolute atomic E-state index is 12.5. The van der Waals surface area contributed by atoms with E-state index in [2.05, 4.69) is 14.8 Å². The predicted molar refractivity (Wildman–Crippen MR) is 124 cm³/mol. The first kappa shape index (κ1) is 25.1. The van der Waals surface area contributed by atoms with E-state index in [0.717, 1.165) is 25.1 Å². The summed E-state index contributed by atoms with van der Waals surface area (Å²) in [6, 6.07) is 11.3. The van der Waals surface area contributed by atoms with Crippen LogP contribution in [0.15, 0.2) is 57.2 Å². The number of hydroxylamine groups is 2. The third-order valence-corrected chi connectivity index (χ3v) is 6.20. The highest BCUT2D eigenvalue weighted by atomic mass is 32.2. The number of guanidine groups is 1. The molecule has 1 aliphatic rings. The average Bonchev–Trinajstić information content (AvgIpc) is 2.80. The number of hydrogen-bond acceptors (Lipinski definition) is 9. The standard InChI is InChI=1S/C20H25N5O6S2/c1-24-9-11-25(12-10-24)30-33(27)16-6-4-15(5-7-16)29-17-8-3-14(19(26)23-20(21)22)13-18(17)32-31-28-2/h3-8,13H,9-12H2,1-2H3,(H4,21,22,23,26). The van der Waals surface area contributed by atoms with Gasteiger partial charge in [0.25, 0.3) is 5.91 Å². The number of nitrogens with two attached hydrogens (primary N) is 2. The second kappa shape index (κ2) is 12.1. The van der Waals surface area contributed by atoms with Crippen LogP contribution < -0.4 is 16.2 Å². The quantitative estimate of drug-likeness (QED) is 0.172. The molecule has 0 spiro atoms. The molecular formula is C20H25N5O6S2. The number of rotatable bonds is 9. The zero-order chi connectivity index (χ0) is 23.8. The minimum Gasteiger partial charge on any atom is -0.456 e. The van der Waals surface area contributed by atoms with Gasteiger partial charge in [-0.2, -0.15) is 18.7 Å².